The van der Waals surface area contributed by atoms with Gasteiger partial charge in [0.1, 0.15) is 6.33 Å². The number of amides is 1. The Morgan fingerprint density at radius 1 is 1.20 bits per heavy atom. The fourth-order valence-corrected chi connectivity index (χ4v) is 6.88. The minimum atomic E-state index is -0.867. The highest BCUT2D eigenvalue weighted by atomic mass is 32.1. The molecule has 7 rings (SSSR count). The third-order valence-corrected chi connectivity index (χ3v) is 9.39. The SMILES string of the molecule is O=C(O)N(CCN1CCOC[C@@H]1C#Cc1cc2ncnc(Nc3ccc4c(cnn4Cc4ccccc4)c3)c2s1)[C@@H]1CCNC1. The lowest BCUT2D eigenvalue weighted by molar-refractivity contribution is 0.00859. The average Bonchev–Trinajstić information content (AvgIpc) is 3.82. The van der Waals surface area contributed by atoms with E-state index >= 15 is 0 Å². The number of carbonyl (C=O) groups is 1. The van der Waals surface area contributed by atoms with E-state index in [0.717, 1.165) is 57.0 Å². The molecular weight excluding hydrogens is 588 g/mol. The zero-order valence-corrected chi connectivity index (χ0v) is 25.5. The van der Waals surface area contributed by atoms with Crippen LogP contribution in [-0.2, 0) is 11.3 Å². The van der Waals surface area contributed by atoms with Crippen LogP contribution in [0.4, 0.5) is 16.3 Å². The van der Waals surface area contributed by atoms with E-state index < -0.39 is 6.09 Å². The predicted octanol–water partition coefficient (Wildman–Crippen LogP) is 4.23. The fourth-order valence-electron chi connectivity index (χ4n) is 5.96. The summed E-state index contributed by atoms with van der Waals surface area (Å²) in [5.41, 5.74) is 4.02. The second-order valence-corrected chi connectivity index (χ2v) is 12.3. The van der Waals surface area contributed by atoms with Crippen molar-refractivity contribution in [1.82, 2.24) is 34.9 Å². The molecule has 1 amide bonds. The molecule has 0 spiro atoms. The molecule has 0 unspecified atom stereocenters. The summed E-state index contributed by atoms with van der Waals surface area (Å²) in [5.74, 6) is 7.45. The van der Waals surface area contributed by atoms with Crippen LogP contribution >= 0.6 is 11.3 Å². The number of ether oxygens (including phenoxy) is 1. The van der Waals surface area contributed by atoms with Gasteiger partial charge < -0.3 is 25.4 Å². The van der Waals surface area contributed by atoms with Crippen molar-refractivity contribution in [1.29, 1.82) is 0 Å². The van der Waals surface area contributed by atoms with Crippen LogP contribution < -0.4 is 10.6 Å². The van der Waals surface area contributed by atoms with Gasteiger partial charge in [-0.25, -0.2) is 14.8 Å². The van der Waals surface area contributed by atoms with Crippen LogP contribution in [0.2, 0.25) is 0 Å². The second kappa shape index (κ2) is 13.2. The minimum absolute atomic E-state index is 0.0230. The number of benzene rings is 2. The Morgan fingerprint density at radius 2 is 2.11 bits per heavy atom. The van der Waals surface area contributed by atoms with E-state index in [1.807, 2.05) is 41.2 Å². The van der Waals surface area contributed by atoms with Gasteiger partial charge in [0.2, 0.25) is 0 Å². The first-order valence-corrected chi connectivity index (χ1v) is 16.0. The Balaban J connectivity index is 1.05. The van der Waals surface area contributed by atoms with Gasteiger partial charge in [0.15, 0.2) is 5.82 Å². The Hall–Kier alpha value is -4.54. The molecular formula is C33H34N8O3S. The number of rotatable bonds is 8. The number of morpholine rings is 1. The number of hydrogen-bond acceptors (Lipinski definition) is 9. The van der Waals surface area contributed by atoms with E-state index in [1.165, 1.54) is 5.56 Å². The molecule has 5 aromatic rings. The average molecular weight is 623 g/mol. The Labute approximate surface area is 264 Å². The lowest BCUT2D eigenvalue weighted by atomic mass is 10.2. The maximum absolute atomic E-state index is 11.9. The van der Waals surface area contributed by atoms with Gasteiger partial charge in [-0.05, 0) is 42.8 Å². The summed E-state index contributed by atoms with van der Waals surface area (Å²) in [6.45, 7) is 5.17. The van der Waals surface area contributed by atoms with Gasteiger partial charge in [-0.2, -0.15) is 5.10 Å². The first-order valence-electron chi connectivity index (χ1n) is 15.2. The molecule has 0 radical (unpaired) electrons. The first-order chi connectivity index (χ1) is 22.1. The highest BCUT2D eigenvalue weighted by Crippen LogP contribution is 2.31. The molecule has 5 heterocycles. The normalized spacial score (nSPS) is 18.6. The fraction of sp³-hybridized carbons (Fsp3) is 0.333. The lowest BCUT2D eigenvalue weighted by Crippen LogP contribution is -2.50. The van der Waals surface area contributed by atoms with Gasteiger partial charge in [0, 0.05) is 43.3 Å². The number of anilines is 2. The third kappa shape index (κ3) is 6.62. The number of carboxylic acid groups (broad SMARTS) is 1. The van der Waals surface area contributed by atoms with Crippen LogP contribution in [-0.4, -0.2) is 98.8 Å². The van der Waals surface area contributed by atoms with E-state index in [4.69, 9.17) is 4.74 Å². The van der Waals surface area contributed by atoms with Crippen molar-refractivity contribution in [2.24, 2.45) is 0 Å². The molecule has 2 atom stereocenters. The molecule has 0 bridgehead atoms. The largest absolute Gasteiger partial charge is 0.465 e. The van der Waals surface area contributed by atoms with E-state index in [-0.39, 0.29) is 12.1 Å². The van der Waals surface area contributed by atoms with Crippen LogP contribution in [0, 0.1) is 11.8 Å². The van der Waals surface area contributed by atoms with E-state index in [9.17, 15) is 9.90 Å². The monoisotopic (exact) mass is 622 g/mol. The molecule has 0 aliphatic carbocycles. The van der Waals surface area contributed by atoms with E-state index in [0.29, 0.717) is 39.4 Å². The molecule has 2 fully saturated rings. The first kappa shape index (κ1) is 29.2. The standard InChI is InChI=1S/C33H34N8O3S/c42-33(43)40(26-10-11-34-19-26)13-12-39-14-15-44-21-27(39)7-8-28-17-29-31(45-28)32(36-22-35-29)38-25-6-9-30-24(16-25)18-37-41(30)20-23-4-2-1-3-5-23/h1-6,9,16-18,22,26-27,34H,10-15,19-21H2,(H,42,43)(H,35,36,38)/t26-,27+/m1/s1. The summed E-state index contributed by atoms with van der Waals surface area (Å²) in [4.78, 5) is 25.6. The molecule has 45 heavy (non-hydrogen) atoms. The van der Waals surface area contributed by atoms with Gasteiger partial charge in [-0.15, -0.1) is 11.3 Å². The minimum Gasteiger partial charge on any atom is -0.465 e. The molecule has 230 valence electrons. The Morgan fingerprint density at radius 3 is 2.96 bits per heavy atom. The summed E-state index contributed by atoms with van der Waals surface area (Å²) in [6, 6.07) is 18.4. The van der Waals surface area contributed by atoms with E-state index in [2.05, 4.69) is 66.7 Å². The summed E-state index contributed by atoms with van der Waals surface area (Å²) in [7, 11) is 0. The van der Waals surface area contributed by atoms with Crippen LogP contribution in [0.3, 0.4) is 0 Å². The smallest absolute Gasteiger partial charge is 0.407 e. The number of thiophene rings is 1. The van der Waals surface area contributed by atoms with Crippen molar-refractivity contribution in [2.75, 3.05) is 51.3 Å². The number of nitrogens with zero attached hydrogens (tertiary/aromatic N) is 6. The van der Waals surface area contributed by atoms with Gasteiger partial charge in [0.25, 0.3) is 0 Å². The predicted molar refractivity (Wildman–Crippen MR) is 175 cm³/mol. The maximum Gasteiger partial charge on any atom is 0.407 e. The number of aromatic nitrogens is 4. The zero-order chi connectivity index (χ0) is 30.6. The van der Waals surface area contributed by atoms with E-state index in [1.54, 1.807) is 22.6 Å². The molecule has 2 saturated heterocycles. The Kier molecular flexibility index (Phi) is 8.57. The third-order valence-electron chi connectivity index (χ3n) is 8.34. The zero-order valence-electron chi connectivity index (χ0n) is 24.7. The van der Waals surface area contributed by atoms with Crippen molar-refractivity contribution < 1.29 is 14.6 Å². The lowest BCUT2D eigenvalue weighted by Gasteiger charge is -2.35. The number of hydrogen-bond donors (Lipinski definition) is 3. The van der Waals surface area contributed by atoms with Crippen molar-refractivity contribution in [2.45, 2.75) is 25.0 Å². The molecule has 12 heteroatoms. The van der Waals surface area contributed by atoms with Gasteiger partial charge in [-0.3, -0.25) is 9.58 Å². The highest BCUT2D eigenvalue weighted by molar-refractivity contribution is 7.20. The van der Waals surface area contributed by atoms with Crippen molar-refractivity contribution in [3.63, 3.8) is 0 Å². The van der Waals surface area contributed by atoms with Crippen molar-refractivity contribution in [3.05, 3.63) is 77.6 Å². The molecule has 11 nitrogen and oxygen atoms in total. The number of fused-ring (bicyclic) bond motifs is 2. The van der Waals surface area contributed by atoms with Gasteiger partial charge in [0.05, 0.1) is 52.6 Å². The summed E-state index contributed by atoms with van der Waals surface area (Å²) in [6.07, 6.45) is 3.43. The van der Waals surface area contributed by atoms with Crippen LogP contribution in [0.5, 0.6) is 0 Å². The van der Waals surface area contributed by atoms with Crippen LogP contribution in [0.25, 0.3) is 21.1 Å². The summed E-state index contributed by atoms with van der Waals surface area (Å²) < 4.78 is 8.68. The van der Waals surface area contributed by atoms with Crippen LogP contribution in [0.1, 0.15) is 16.9 Å². The van der Waals surface area contributed by atoms with Crippen molar-refractivity contribution in [3.8, 4) is 11.8 Å². The molecule has 3 aromatic heterocycles. The Bertz CT molecular complexity index is 1860. The van der Waals surface area contributed by atoms with Gasteiger partial charge >= 0.3 is 6.09 Å². The topological polar surface area (TPSA) is 121 Å². The molecule has 3 N–H and O–H groups in total. The van der Waals surface area contributed by atoms with Gasteiger partial charge in [-0.1, -0.05) is 42.2 Å². The molecule has 2 aliphatic heterocycles. The quantitative estimate of drug-likeness (QED) is 0.219. The molecule has 0 saturated carbocycles. The highest BCUT2D eigenvalue weighted by Gasteiger charge is 2.28. The van der Waals surface area contributed by atoms with Crippen molar-refractivity contribution >= 4 is 50.1 Å². The molecule has 2 aromatic carbocycles. The van der Waals surface area contributed by atoms with Crippen LogP contribution in [0.15, 0.2) is 67.1 Å². The molecule has 2 aliphatic rings. The number of nitrogens with one attached hydrogen (secondary N) is 2. The maximum atomic E-state index is 11.9. The second-order valence-electron chi connectivity index (χ2n) is 11.3. The summed E-state index contributed by atoms with van der Waals surface area (Å²) >= 11 is 1.55. The summed E-state index contributed by atoms with van der Waals surface area (Å²) in [5, 5.41) is 22.2.